The van der Waals surface area contributed by atoms with Gasteiger partial charge in [-0.05, 0) is 58.7 Å². The fraction of sp³-hybridized carbons (Fsp3) is 0.417. The van der Waals surface area contributed by atoms with Crippen LogP contribution in [0.3, 0.4) is 0 Å². The molecular weight excluding hydrogens is 649 g/mol. The van der Waals surface area contributed by atoms with E-state index >= 15 is 0 Å². The average molecular weight is 698 g/mol. The Balaban J connectivity index is 1.82. The Labute approximate surface area is 288 Å². The van der Waals surface area contributed by atoms with E-state index in [9.17, 15) is 27.5 Å². The van der Waals surface area contributed by atoms with Gasteiger partial charge in [0, 0.05) is 19.6 Å². The molecular formula is C36H48FN5O6S. The Bertz CT molecular complexity index is 1650. The first-order valence-corrected chi connectivity index (χ1v) is 17.6. The first kappa shape index (κ1) is 39.3. The van der Waals surface area contributed by atoms with Crippen molar-refractivity contribution in [3.63, 3.8) is 0 Å². The van der Waals surface area contributed by atoms with Gasteiger partial charge in [-0.25, -0.2) is 12.8 Å². The van der Waals surface area contributed by atoms with E-state index in [1.165, 1.54) is 46.9 Å². The predicted molar refractivity (Wildman–Crippen MR) is 187 cm³/mol. The highest BCUT2D eigenvalue weighted by atomic mass is 32.2. The number of halogens is 1. The van der Waals surface area contributed by atoms with Gasteiger partial charge in [0.05, 0.1) is 29.8 Å². The van der Waals surface area contributed by atoms with E-state index in [1.807, 2.05) is 44.2 Å². The highest BCUT2D eigenvalue weighted by molar-refractivity contribution is 7.89. The van der Waals surface area contributed by atoms with Crippen LogP contribution in [0.2, 0.25) is 0 Å². The molecule has 0 spiro atoms. The summed E-state index contributed by atoms with van der Waals surface area (Å²) in [6.07, 6.45) is 0.0424. The number of hydrogen-bond acceptors (Lipinski definition) is 8. The third-order valence-corrected chi connectivity index (χ3v) is 9.56. The van der Waals surface area contributed by atoms with Gasteiger partial charge < -0.3 is 26.3 Å². The number of nitrogens with one attached hydrogen (secondary N) is 3. The van der Waals surface area contributed by atoms with Crippen LogP contribution < -0.4 is 16.0 Å². The number of carbonyl (C=O) groups excluding carboxylic acids is 2. The lowest BCUT2D eigenvalue weighted by molar-refractivity contribution is -0.132. The fourth-order valence-electron chi connectivity index (χ4n) is 5.23. The largest absolute Gasteiger partial charge is 0.411 e. The molecule has 0 heterocycles. The first-order chi connectivity index (χ1) is 23.1. The lowest BCUT2D eigenvalue weighted by Gasteiger charge is -2.34. The third kappa shape index (κ3) is 12.3. The molecule has 0 fully saturated rings. The zero-order chi connectivity index (χ0) is 36.2. The monoisotopic (exact) mass is 697 g/mol. The van der Waals surface area contributed by atoms with Crippen molar-refractivity contribution in [1.29, 1.82) is 0 Å². The fourth-order valence-corrected chi connectivity index (χ4v) is 6.85. The van der Waals surface area contributed by atoms with E-state index in [0.29, 0.717) is 11.1 Å². The van der Waals surface area contributed by atoms with Gasteiger partial charge in [0.1, 0.15) is 11.9 Å². The lowest BCUT2D eigenvalue weighted by Crippen LogP contribution is -2.59. The summed E-state index contributed by atoms with van der Waals surface area (Å²) in [5.41, 5.74) is 1.25. The van der Waals surface area contributed by atoms with Crippen LogP contribution in [0.4, 0.5) is 4.39 Å². The summed E-state index contributed by atoms with van der Waals surface area (Å²) < 4.78 is 42.3. The molecule has 3 aromatic carbocycles. The van der Waals surface area contributed by atoms with Crippen molar-refractivity contribution in [2.24, 2.45) is 16.5 Å². The Morgan fingerprint density at radius 3 is 2.18 bits per heavy atom. The van der Waals surface area contributed by atoms with E-state index in [4.69, 9.17) is 5.21 Å². The Hall–Kier alpha value is -4.17. The minimum Gasteiger partial charge on any atom is -0.411 e. The molecule has 3 atom stereocenters. The number of oxime groups is 1. The highest BCUT2D eigenvalue weighted by Gasteiger charge is 2.36. The summed E-state index contributed by atoms with van der Waals surface area (Å²) in [5.74, 6) is -1.45. The molecule has 0 unspecified atom stereocenters. The number of benzene rings is 3. The molecule has 0 aliphatic carbocycles. The minimum atomic E-state index is -4.08. The normalized spacial score (nSPS) is 14.1. The molecule has 0 saturated carbocycles. The quantitative estimate of drug-likeness (QED) is 0.0817. The molecule has 0 aliphatic rings. The molecule has 13 heteroatoms. The second-order valence-corrected chi connectivity index (χ2v) is 15.4. The number of rotatable bonds is 17. The van der Waals surface area contributed by atoms with Gasteiger partial charge in [-0.15, -0.1) is 0 Å². The standard InChI is InChI=1S/C36H48FN5O6S/c1-25(2)23-42(49(47,48)30-16-14-27(15-17-30)21-39-46)24-32(43)31(19-26-10-7-6-8-11-26)40-35(45)34(36(3,4)5)41-33(44)22-38-20-28-12-9-13-29(37)18-28/h6-18,21,25,31-32,34,38,43,46H,19-20,22-24H2,1-5H3,(H,40,45)(H,41,44)/b39-21+/t31-,32+,34-/m0/s1. The average Bonchev–Trinajstić information content (AvgIpc) is 3.03. The number of nitrogens with zero attached hydrogens (tertiary/aromatic N) is 2. The molecule has 0 saturated heterocycles. The maximum atomic E-state index is 13.9. The topological polar surface area (TPSA) is 160 Å². The SMILES string of the molecule is CC(C)CN(C[C@@H](O)[C@H](Cc1ccccc1)NC(=O)[C@H](NC(=O)CNCc1cccc(F)c1)C(C)(C)C)S(=O)(=O)c1ccc(/C=N/O)cc1. The van der Waals surface area contributed by atoms with Crippen LogP contribution in [0, 0.1) is 17.2 Å². The molecule has 0 aromatic heterocycles. The van der Waals surface area contributed by atoms with E-state index in [-0.39, 0.29) is 49.2 Å². The van der Waals surface area contributed by atoms with Crippen LogP contribution in [0.15, 0.2) is 88.9 Å². The molecule has 11 nitrogen and oxygen atoms in total. The van der Waals surface area contributed by atoms with Gasteiger partial charge in [0.25, 0.3) is 0 Å². The molecule has 3 aromatic rings. The zero-order valence-electron chi connectivity index (χ0n) is 28.6. The van der Waals surface area contributed by atoms with Gasteiger partial charge in [0.2, 0.25) is 21.8 Å². The van der Waals surface area contributed by atoms with Gasteiger partial charge >= 0.3 is 0 Å². The Morgan fingerprint density at radius 1 is 0.939 bits per heavy atom. The van der Waals surface area contributed by atoms with E-state index in [0.717, 1.165) is 5.56 Å². The molecule has 266 valence electrons. The Morgan fingerprint density at radius 2 is 1.59 bits per heavy atom. The van der Waals surface area contributed by atoms with Crippen molar-refractivity contribution in [2.45, 2.75) is 70.7 Å². The predicted octanol–water partition coefficient (Wildman–Crippen LogP) is 3.69. The number of carbonyl (C=O) groups is 2. The molecule has 5 N–H and O–H groups in total. The summed E-state index contributed by atoms with van der Waals surface area (Å²) in [6, 6.07) is 19.1. The smallest absolute Gasteiger partial charge is 0.243 e. The van der Waals surface area contributed by atoms with Crippen LogP contribution in [-0.2, 0) is 32.6 Å². The van der Waals surface area contributed by atoms with Crippen molar-refractivity contribution in [2.75, 3.05) is 19.6 Å². The maximum absolute atomic E-state index is 13.9. The van der Waals surface area contributed by atoms with Crippen LogP contribution in [-0.4, -0.2) is 78.9 Å². The lowest BCUT2D eigenvalue weighted by atomic mass is 9.85. The summed E-state index contributed by atoms with van der Waals surface area (Å²) in [5, 5.41) is 32.1. The first-order valence-electron chi connectivity index (χ1n) is 16.1. The minimum absolute atomic E-state index is 0.000557. The van der Waals surface area contributed by atoms with E-state index in [1.54, 1.807) is 32.9 Å². The van der Waals surface area contributed by atoms with Crippen LogP contribution in [0.25, 0.3) is 0 Å². The van der Waals surface area contributed by atoms with Crippen molar-refractivity contribution in [3.8, 4) is 0 Å². The molecule has 49 heavy (non-hydrogen) atoms. The van der Waals surface area contributed by atoms with Gasteiger partial charge in [-0.1, -0.05) is 94.4 Å². The number of aliphatic hydroxyl groups excluding tert-OH is 1. The summed E-state index contributed by atoms with van der Waals surface area (Å²) in [7, 11) is -4.08. The Kier molecular flexibility index (Phi) is 14.4. The molecule has 0 bridgehead atoms. The second-order valence-electron chi connectivity index (χ2n) is 13.5. The van der Waals surface area contributed by atoms with Crippen molar-refractivity contribution in [1.82, 2.24) is 20.3 Å². The van der Waals surface area contributed by atoms with Gasteiger partial charge in [-0.3, -0.25) is 9.59 Å². The maximum Gasteiger partial charge on any atom is 0.243 e. The van der Waals surface area contributed by atoms with Gasteiger partial charge in [0.15, 0.2) is 0 Å². The van der Waals surface area contributed by atoms with Crippen LogP contribution in [0.5, 0.6) is 0 Å². The highest BCUT2D eigenvalue weighted by Crippen LogP contribution is 2.22. The molecule has 0 aliphatic heterocycles. The summed E-state index contributed by atoms with van der Waals surface area (Å²) >= 11 is 0. The summed E-state index contributed by atoms with van der Waals surface area (Å²) in [6.45, 7) is 9.05. The van der Waals surface area contributed by atoms with Crippen molar-refractivity contribution in [3.05, 3.63) is 101 Å². The number of hydrogen-bond donors (Lipinski definition) is 5. The number of sulfonamides is 1. The van der Waals surface area contributed by atoms with E-state index < -0.39 is 45.4 Å². The zero-order valence-corrected chi connectivity index (χ0v) is 29.5. The van der Waals surface area contributed by atoms with E-state index in [2.05, 4.69) is 21.1 Å². The third-order valence-electron chi connectivity index (χ3n) is 7.71. The molecule has 2 amide bonds. The van der Waals surface area contributed by atoms with Gasteiger partial charge in [-0.2, -0.15) is 4.31 Å². The van der Waals surface area contributed by atoms with Crippen LogP contribution in [0.1, 0.15) is 51.3 Å². The van der Waals surface area contributed by atoms with Crippen molar-refractivity contribution < 1.29 is 32.7 Å². The number of amides is 2. The summed E-state index contributed by atoms with van der Waals surface area (Å²) in [4.78, 5) is 26.8. The van der Waals surface area contributed by atoms with Crippen LogP contribution >= 0.6 is 0 Å². The second kappa shape index (κ2) is 18.0. The van der Waals surface area contributed by atoms with Crippen molar-refractivity contribution >= 4 is 28.1 Å². The molecule has 3 rings (SSSR count). The number of aliphatic hydroxyl groups is 1. The molecule has 0 radical (unpaired) electrons.